The van der Waals surface area contributed by atoms with Crippen LogP contribution in [0, 0.1) is 13.8 Å². The second kappa shape index (κ2) is 9.49. The van der Waals surface area contributed by atoms with Gasteiger partial charge in [0.1, 0.15) is 17.6 Å². The van der Waals surface area contributed by atoms with E-state index in [0.717, 1.165) is 60.3 Å². The van der Waals surface area contributed by atoms with E-state index in [2.05, 4.69) is 0 Å². The fraction of sp³-hybridized carbons (Fsp3) is 0.462. The van der Waals surface area contributed by atoms with Gasteiger partial charge in [-0.05, 0) is 73.9 Å². The molecule has 1 unspecified atom stereocenters. The zero-order chi connectivity index (χ0) is 22.8. The number of ketones is 1. The molecule has 1 saturated carbocycles. The normalized spacial score (nSPS) is 21.3. The number of thiophene rings is 1. The molecule has 6 heteroatoms. The van der Waals surface area contributed by atoms with Gasteiger partial charge in [0.2, 0.25) is 0 Å². The Hall–Kier alpha value is -2.60. The van der Waals surface area contributed by atoms with Crippen molar-refractivity contribution in [3.8, 4) is 5.75 Å². The number of amides is 1. The average Bonchev–Trinajstić information content (AvgIpc) is 3.33. The van der Waals surface area contributed by atoms with Crippen LogP contribution in [0.25, 0.3) is 5.76 Å². The minimum absolute atomic E-state index is 0.0311. The Morgan fingerprint density at radius 1 is 1.12 bits per heavy atom. The number of hydrogen-bond donors (Lipinski definition) is 1. The first-order valence-corrected chi connectivity index (χ1v) is 12.4. The molecule has 1 saturated heterocycles. The molecule has 170 valence electrons. The van der Waals surface area contributed by atoms with Gasteiger partial charge in [-0.25, -0.2) is 0 Å². The van der Waals surface area contributed by atoms with E-state index in [1.165, 1.54) is 11.3 Å². The average molecular weight is 454 g/mol. The van der Waals surface area contributed by atoms with Crippen LogP contribution in [0.4, 0.5) is 0 Å². The lowest BCUT2D eigenvalue weighted by Gasteiger charge is -2.35. The monoisotopic (exact) mass is 453 g/mol. The first-order valence-electron chi connectivity index (χ1n) is 11.5. The maximum absolute atomic E-state index is 13.3. The van der Waals surface area contributed by atoms with E-state index in [0.29, 0.717) is 12.2 Å². The Kier molecular flexibility index (Phi) is 6.70. The number of benzene rings is 1. The molecular formula is C26H31NO4S. The second-order valence-corrected chi connectivity index (χ2v) is 9.74. The molecule has 1 aromatic carbocycles. The van der Waals surface area contributed by atoms with Crippen molar-refractivity contribution in [2.75, 3.05) is 6.61 Å². The summed E-state index contributed by atoms with van der Waals surface area (Å²) in [6, 6.07) is 6.91. The summed E-state index contributed by atoms with van der Waals surface area (Å²) in [5, 5.41) is 13.3. The first-order chi connectivity index (χ1) is 15.4. The maximum Gasteiger partial charge on any atom is 0.295 e. The fourth-order valence-corrected chi connectivity index (χ4v) is 5.87. The highest BCUT2D eigenvalue weighted by Crippen LogP contribution is 2.45. The van der Waals surface area contributed by atoms with E-state index in [1.54, 1.807) is 11.0 Å². The van der Waals surface area contributed by atoms with Crippen molar-refractivity contribution < 1.29 is 19.4 Å². The van der Waals surface area contributed by atoms with Gasteiger partial charge in [-0.15, -0.1) is 11.3 Å². The number of aryl methyl sites for hydroxylation is 2. The lowest BCUT2D eigenvalue weighted by atomic mass is 9.92. The number of aliphatic hydroxyl groups excluding tert-OH is 1. The van der Waals surface area contributed by atoms with Gasteiger partial charge in [-0.1, -0.05) is 26.2 Å². The van der Waals surface area contributed by atoms with Gasteiger partial charge in [0.25, 0.3) is 11.7 Å². The molecular weight excluding hydrogens is 422 g/mol. The topological polar surface area (TPSA) is 66.8 Å². The Morgan fingerprint density at radius 2 is 1.88 bits per heavy atom. The van der Waals surface area contributed by atoms with Gasteiger partial charge in [0, 0.05) is 16.5 Å². The highest BCUT2D eigenvalue weighted by molar-refractivity contribution is 7.10. The summed E-state index contributed by atoms with van der Waals surface area (Å²) in [5.41, 5.74) is 2.65. The summed E-state index contributed by atoms with van der Waals surface area (Å²) in [4.78, 5) is 29.2. The summed E-state index contributed by atoms with van der Waals surface area (Å²) in [6.45, 7) is 6.59. The number of carbonyl (C=O) groups is 2. The van der Waals surface area contributed by atoms with Crippen molar-refractivity contribution in [1.29, 1.82) is 0 Å². The van der Waals surface area contributed by atoms with Crippen LogP contribution in [0.15, 0.2) is 35.2 Å². The lowest BCUT2D eigenvalue weighted by molar-refractivity contribution is -0.141. The van der Waals surface area contributed by atoms with E-state index in [4.69, 9.17) is 4.74 Å². The molecule has 1 aliphatic heterocycles. The van der Waals surface area contributed by atoms with Crippen LogP contribution in [-0.4, -0.2) is 34.3 Å². The number of carbonyl (C=O) groups excluding carboxylic acids is 2. The van der Waals surface area contributed by atoms with E-state index >= 15 is 0 Å². The molecule has 32 heavy (non-hydrogen) atoms. The summed E-state index contributed by atoms with van der Waals surface area (Å²) in [7, 11) is 0. The summed E-state index contributed by atoms with van der Waals surface area (Å²) in [5.74, 6) is -0.424. The largest absolute Gasteiger partial charge is 0.507 e. The molecule has 2 aromatic rings. The molecule has 2 heterocycles. The number of Topliss-reactive ketones (excluding diaryl/α,β-unsaturated/α-hetero) is 1. The highest BCUT2D eigenvalue weighted by Gasteiger charge is 2.49. The Bertz CT molecular complexity index is 1050. The number of aliphatic hydroxyl groups is 1. The van der Waals surface area contributed by atoms with Crippen molar-refractivity contribution in [3.63, 3.8) is 0 Å². The number of nitrogens with zero attached hydrogens (tertiary/aromatic N) is 1. The van der Waals surface area contributed by atoms with Crippen LogP contribution in [-0.2, 0) is 9.59 Å². The zero-order valence-electron chi connectivity index (χ0n) is 19.0. The first kappa shape index (κ1) is 22.6. The van der Waals surface area contributed by atoms with Crippen LogP contribution in [0.1, 0.15) is 73.1 Å². The van der Waals surface area contributed by atoms with Gasteiger partial charge in [-0.2, -0.15) is 0 Å². The molecule has 0 bridgehead atoms. The fourth-order valence-electron chi connectivity index (χ4n) is 4.83. The minimum Gasteiger partial charge on any atom is -0.507 e. The third-order valence-corrected chi connectivity index (χ3v) is 7.58. The smallest absolute Gasteiger partial charge is 0.295 e. The third-order valence-electron chi connectivity index (χ3n) is 6.51. The summed E-state index contributed by atoms with van der Waals surface area (Å²) in [6.07, 6.45) is 5.98. The standard InChI is InChI=1S/C26H31NO4S/c1-4-13-31-20-11-10-18(15-17(20)3)23(28)21-22(25-16(2)12-14-32-25)27(26(30)24(21)29)19-8-6-5-7-9-19/h10-12,14-15,19,22,28H,4-9,13H2,1-3H3/b23-21-. The predicted octanol–water partition coefficient (Wildman–Crippen LogP) is 5.91. The van der Waals surface area contributed by atoms with Gasteiger partial charge < -0.3 is 14.7 Å². The van der Waals surface area contributed by atoms with Crippen molar-refractivity contribution in [2.45, 2.75) is 71.4 Å². The van der Waals surface area contributed by atoms with Crippen LogP contribution >= 0.6 is 11.3 Å². The Labute approximate surface area is 193 Å². The van der Waals surface area contributed by atoms with Crippen LogP contribution in [0.3, 0.4) is 0 Å². The molecule has 1 aliphatic carbocycles. The number of rotatable bonds is 6. The molecule has 5 nitrogen and oxygen atoms in total. The molecule has 0 radical (unpaired) electrons. The minimum atomic E-state index is -0.588. The van der Waals surface area contributed by atoms with Gasteiger partial charge in [0.05, 0.1) is 12.2 Å². The van der Waals surface area contributed by atoms with Crippen molar-refractivity contribution >= 4 is 28.8 Å². The van der Waals surface area contributed by atoms with Crippen molar-refractivity contribution in [1.82, 2.24) is 4.90 Å². The molecule has 2 fully saturated rings. The SMILES string of the molecule is CCCOc1ccc(/C(O)=C2/C(=O)C(=O)N(C3CCCCC3)C2c2sccc2C)cc1C. The Morgan fingerprint density at radius 3 is 2.50 bits per heavy atom. The van der Waals surface area contributed by atoms with E-state index in [-0.39, 0.29) is 17.4 Å². The van der Waals surface area contributed by atoms with Crippen molar-refractivity contribution in [2.24, 2.45) is 0 Å². The van der Waals surface area contributed by atoms with Crippen molar-refractivity contribution in [3.05, 3.63) is 56.8 Å². The van der Waals surface area contributed by atoms with E-state index in [1.807, 2.05) is 44.4 Å². The number of hydrogen-bond acceptors (Lipinski definition) is 5. The summed E-state index contributed by atoms with van der Waals surface area (Å²) < 4.78 is 5.75. The third kappa shape index (κ3) is 4.08. The number of likely N-dealkylation sites (tertiary alicyclic amines) is 1. The predicted molar refractivity (Wildman–Crippen MR) is 127 cm³/mol. The highest BCUT2D eigenvalue weighted by atomic mass is 32.1. The molecule has 1 aromatic heterocycles. The number of ether oxygens (including phenoxy) is 1. The van der Waals surface area contributed by atoms with Gasteiger partial charge in [0.15, 0.2) is 0 Å². The van der Waals surface area contributed by atoms with Gasteiger partial charge >= 0.3 is 0 Å². The van der Waals surface area contributed by atoms with Gasteiger partial charge in [-0.3, -0.25) is 9.59 Å². The van der Waals surface area contributed by atoms with Crippen LogP contribution < -0.4 is 4.74 Å². The van der Waals surface area contributed by atoms with Crippen LogP contribution in [0.5, 0.6) is 5.75 Å². The van der Waals surface area contributed by atoms with Crippen LogP contribution in [0.2, 0.25) is 0 Å². The quantitative estimate of drug-likeness (QED) is 0.335. The summed E-state index contributed by atoms with van der Waals surface area (Å²) >= 11 is 1.54. The van der Waals surface area contributed by atoms with E-state index < -0.39 is 17.7 Å². The molecule has 1 N–H and O–H groups in total. The van der Waals surface area contributed by atoms with E-state index in [9.17, 15) is 14.7 Å². The lowest BCUT2D eigenvalue weighted by Crippen LogP contribution is -2.40. The molecule has 1 amide bonds. The second-order valence-electron chi connectivity index (χ2n) is 8.79. The molecule has 2 aliphatic rings. The molecule has 4 rings (SSSR count). The zero-order valence-corrected chi connectivity index (χ0v) is 19.8. The Balaban J connectivity index is 1.80. The molecule has 1 atom stereocenters. The molecule has 0 spiro atoms. The maximum atomic E-state index is 13.3.